The van der Waals surface area contributed by atoms with Crippen molar-refractivity contribution in [2.45, 2.75) is 31.6 Å². The molecule has 0 amide bonds. The summed E-state index contributed by atoms with van der Waals surface area (Å²) in [7, 11) is 0. The van der Waals surface area contributed by atoms with E-state index in [4.69, 9.17) is 11.0 Å². The van der Waals surface area contributed by atoms with Gasteiger partial charge in [-0.1, -0.05) is 13.8 Å². The number of nitrogen functional groups attached to an aromatic ring is 1. The van der Waals surface area contributed by atoms with Crippen LogP contribution in [0.15, 0.2) is 17.0 Å². The summed E-state index contributed by atoms with van der Waals surface area (Å²) in [5.74, 6) is 0.397. The minimum absolute atomic E-state index is 0.397. The van der Waals surface area contributed by atoms with Crippen molar-refractivity contribution in [3.63, 3.8) is 0 Å². The van der Waals surface area contributed by atoms with Crippen LogP contribution in [0.5, 0.6) is 0 Å². The van der Waals surface area contributed by atoms with Crippen molar-refractivity contribution in [2.24, 2.45) is 0 Å². The van der Waals surface area contributed by atoms with E-state index in [1.54, 1.807) is 0 Å². The van der Waals surface area contributed by atoms with E-state index >= 15 is 0 Å². The highest BCUT2D eigenvalue weighted by Crippen LogP contribution is 2.31. The highest BCUT2D eigenvalue weighted by atomic mass is 32.2. The smallest absolute Gasteiger partial charge is 0.138 e. The molecule has 0 saturated heterocycles. The zero-order valence-corrected chi connectivity index (χ0v) is 9.48. The molecule has 0 aliphatic heterocycles. The maximum atomic E-state index is 8.67. The van der Waals surface area contributed by atoms with Crippen molar-refractivity contribution >= 4 is 17.4 Å². The molecule has 0 aliphatic rings. The summed E-state index contributed by atoms with van der Waals surface area (Å²) >= 11 is 1.20. The van der Waals surface area contributed by atoms with Gasteiger partial charge in [0.1, 0.15) is 5.40 Å². The Balaban J connectivity index is 3.25. The molecule has 2 N–H and O–H groups in total. The van der Waals surface area contributed by atoms with Crippen LogP contribution < -0.4 is 5.73 Å². The van der Waals surface area contributed by atoms with Crippen molar-refractivity contribution < 1.29 is 0 Å². The van der Waals surface area contributed by atoms with Gasteiger partial charge in [-0.2, -0.15) is 5.26 Å². The van der Waals surface area contributed by atoms with Gasteiger partial charge in [0.2, 0.25) is 0 Å². The Hall–Kier alpha value is -1.14. The zero-order valence-electron chi connectivity index (χ0n) is 8.66. The number of hydrogen-bond donors (Lipinski definition) is 1. The van der Waals surface area contributed by atoms with Crippen LogP contribution in [0.4, 0.5) is 5.69 Å². The molecule has 0 fully saturated rings. The molecular weight excluding hydrogens is 192 g/mol. The average Bonchev–Trinajstić information content (AvgIpc) is 2.11. The Kier molecular flexibility index (Phi) is 3.43. The normalized spacial score (nSPS) is 10.2. The highest BCUT2D eigenvalue weighted by Gasteiger charge is 2.09. The van der Waals surface area contributed by atoms with Gasteiger partial charge in [0.05, 0.1) is 0 Å². The minimum Gasteiger partial charge on any atom is -0.399 e. The number of nitrogens with zero attached hydrogens (tertiary/aromatic N) is 1. The number of rotatable bonds is 2. The maximum Gasteiger partial charge on any atom is 0.138 e. The van der Waals surface area contributed by atoms with E-state index in [1.165, 1.54) is 11.8 Å². The van der Waals surface area contributed by atoms with E-state index in [2.05, 4.69) is 19.2 Å². The summed E-state index contributed by atoms with van der Waals surface area (Å²) in [5, 5.41) is 10.8. The van der Waals surface area contributed by atoms with Gasteiger partial charge in [-0.3, -0.25) is 0 Å². The molecule has 1 aromatic rings. The van der Waals surface area contributed by atoms with Crippen LogP contribution in [0, 0.1) is 17.6 Å². The van der Waals surface area contributed by atoms with Gasteiger partial charge >= 0.3 is 0 Å². The molecule has 1 rings (SSSR count). The van der Waals surface area contributed by atoms with Crippen molar-refractivity contribution in [3.05, 3.63) is 23.3 Å². The molecule has 0 atom stereocenters. The van der Waals surface area contributed by atoms with Crippen molar-refractivity contribution in [1.82, 2.24) is 0 Å². The number of anilines is 1. The Morgan fingerprint density at radius 2 is 2.07 bits per heavy atom. The van der Waals surface area contributed by atoms with Crippen LogP contribution in [0.2, 0.25) is 0 Å². The lowest BCUT2D eigenvalue weighted by Crippen LogP contribution is -1.96. The van der Waals surface area contributed by atoms with E-state index in [9.17, 15) is 0 Å². The third-order valence-electron chi connectivity index (χ3n) is 2.18. The molecule has 0 aromatic heterocycles. The Morgan fingerprint density at radius 1 is 1.43 bits per heavy atom. The third kappa shape index (κ3) is 2.21. The number of nitriles is 1. The summed E-state index contributed by atoms with van der Waals surface area (Å²) in [4.78, 5) is 1.02. The van der Waals surface area contributed by atoms with Crippen LogP contribution in [-0.2, 0) is 0 Å². The van der Waals surface area contributed by atoms with E-state index in [0.29, 0.717) is 5.92 Å². The monoisotopic (exact) mass is 206 g/mol. The quantitative estimate of drug-likeness (QED) is 0.459. The number of thiocyanates is 1. The molecular formula is C11H14N2S. The second-order valence-corrected chi connectivity index (χ2v) is 4.42. The average molecular weight is 206 g/mol. The summed E-state index contributed by atoms with van der Waals surface area (Å²) in [6.45, 7) is 6.16. The zero-order chi connectivity index (χ0) is 10.7. The predicted octanol–water partition coefficient (Wildman–Crippen LogP) is 3.27. The topological polar surface area (TPSA) is 49.8 Å². The van der Waals surface area contributed by atoms with Gasteiger partial charge in [-0.25, -0.2) is 0 Å². The van der Waals surface area contributed by atoms with E-state index in [-0.39, 0.29) is 0 Å². The molecule has 1 aromatic carbocycles. The lowest BCUT2D eigenvalue weighted by atomic mass is 10.0. The SMILES string of the molecule is Cc1cc(SC#N)c(C(C)C)cc1N. The summed E-state index contributed by atoms with van der Waals surface area (Å²) < 4.78 is 0. The molecule has 0 saturated carbocycles. The van der Waals surface area contributed by atoms with Gasteiger partial charge in [-0.15, -0.1) is 0 Å². The fourth-order valence-electron chi connectivity index (χ4n) is 1.30. The predicted molar refractivity (Wildman–Crippen MR) is 61.2 cm³/mol. The Bertz CT molecular complexity index is 378. The van der Waals surface area contributed by atoms with Crippen molar-refractivity contribution in [1.29, 1.82) is 5.26 Å². The third-order valence-corrected chi connectivity index (χ3v) is 2.84. The van der Waals surface area contributed by atoms with Crippen LogP contribution in [-0.4, -0.2) is 0 Å². The molecule has 0 unspecified atom stereocenters. The van der Waals surface area contributed by atoms with Gasteiger partial charge in [-0.05, 0) is 47.9 Å². The Morgan fingerprint density at radius 3 is 2.57 bits per heavy atom. The standard InChI is InChI=1S/C11H14N2S/c1-7(2)9-5-10(13)8(3)4-11(9)14-6-12/h4-5,7H,13H2,1-3H3. The van der Waals surface area contributed by atoms with E-state index in [0.717, 1.165) is 21.7 Å². The first kappa shape index (κ1) is 10.9. The number of benzene rings is 1. The van der Waals surface area contributed by atoms with Gasteiger partial charge in [0.25, 0.3) is 0 Å². The summed E-state index contributed by atoms with van der Waals surface area (Å²) in [6, 6.07) is 3.96. The maximum absolute atomic E-state index is 8.67. The van der Waals surface area contributed by atoms with Crippen molar-refractivity contribution in [3.8, 4) is 5.40 Å². The molecule has 0 bridgehead atoms. The summed E-state index contributed by atoms with van der Waals surface area (Å²) in [6.07, 6.45) is 0. The molecule has 3 heteroatoms. The van der Waals surface area contributed by atoms with Gasteiger partial charge in [0, 0.05) is 10.6 Å². The molecule has 0 aliphatic carbocycles. The van der Waals surface area contributed by atoms with Crippen LogP contribution in [0.3, 0.4) is 0 Å². The fourth-order valence-corrected chi connectivity index (χ4v) is 2.05. The molecule has 74 valence electrons. The van der Waals surface area contributed by atoms with Gasteiger partial charge in [0.15, 0.2) is 0 Å². The van der Waals surface area contributed by atoms with Crippen LogP contribution in [0.1, 0.15) is 30.9 Å². The molecule has 0 radical (unpaired) electrons. The molecule has 2 nitrogen and oxygen atoms in total. The second-order valence-electron chi connectivity index (χ2n) is 3.59. The molecule has 0 heterocycles. The lowest BCUT2D eigenvalue weighted by Gasteiger charge is -2.12. The summed E-state index contributed by atoms with van der Waals surface area (Å²) in [5.41, 5.74) is 8.82. The fraction of sp³-hybridized carbons (Fsp3) is 0.364. The minimum atomic E-state index is 0.397. The van der Waals surface area contributed by atoms with Crippen LogP contribution in [0.25, 0.3) is 0 Å². The number of nitrogens with two attached hydrogens (primary N) is 1. The second kappa shape index (κ2) is 4.39. The first-order chi connectivity index (χ1) is 6.56. The van der Waals surface area contributed by atoms with Crippen molar-refractivity contribution in [2.75, 3.05) is 5.73 Å². The van der Waals surface area contributed by atoms with E-state index in [1.807, 2.05) is 19.1 Å². The first-order valence-corrected chi connectivity index (χ1v) is 5.34. The van der Waals surface area contributed by atoms with Gasteiger partial charge < -0.3 is 5.73 Å². The Labute approximate surface area is 89.1 Å². The first-order valence-electron chi connectivity index (χ1n) is 4.52. The largest absolute Gasteiger partial charge is 0.399 e. The number of thioether (sulfide) groups is 1. The molecule has 14 heavy (non-hydrogen) atoms. The lowest BCUT2D eigenvalue weighted by molar-refractivity contribution is 0.842. The number of aryl methyl sites for hydroxylation is 1. The molecule has 0 spiro atoms. The van der Waals surface area contributed by atoms with E-state index < -0.39 is 0 Å². The highest BCUT2D eigenvalue weighted by molar-refractivity contribution is 8.03. The number of hydrogen-bond acceptors (Lipinski definition) is 3. The van der Waals surface area contributed by atoms with Crippen LogP contribution >= 0.6 is 11.8 Å².